The molecular weight excluding hydrogens is 519 g/mol. The number of piperazine rings is 1. The number of aromatic nitrogens is 8. The summed E-state index contributed by atoms with van der Waals surface area (Å²) in [5.41, 5.74) is 6.35. The molecule has 0 aromatic carbocycles. The number of fused-ring (bicyclic) bond motifs is 2. The number of hydrogen-bond donors (Lipinski definition) is 1. The minimum absolute atomic E-state index is 0.409. The van der Waals surface area contributed by atoms with Crippen molar-refractivity contribution in [1.82, 2.24) is 44.8 Å². The van der Waals surface area contributed by atoms with Gasteiger partial charge in [0, 0.05) is 73.7 Å². The predicted molar refractivity (Wildman–Crippen MR) is 152 cm³/mol. The molecule has 0 amide bonds. The van der Waals surface area contributed by atoms with Crippen LogP contribution in [0.1, 0.15) is 40.5 Å². The number of aromatic amines is 1. The van der Waals surface area contributed by atoms with Crippen LogP contribution < -0.4 is 4.90 Å². The Balaban J connectivity index is 0.983. The smallest absolute Gasteiger partial charge is 0.161 e. The molecule has 0 saturated carbocycles. The van der Waals surface area contributed by atoms with Crippen LogP contribution in [0.15, 0.2) is 61.1 Å². The number of nitrogens with zero attached hydrogens (tertiary/aromatic N) is 9. The zero-order chi connectivity index (χ0) is 27.9. The van der Waals surface area contributed by atoms with Crippen molar-refractivity contribution < 1.29 is 4.39 Å². The van der Waals surface area contributed by atoms with Gasteiger partial charge in [-0.05, 0) is 62.2 Å². The summed E-state index contributed by atoms with van der Waals surface area (Å²) >= 11 is 0. The summed E-state index contributed by atoms with van der Waals surface area (Å²) in [6, 6.07) is 14.9. The maximum atomic E-state index is 12.8. The number of H-pyrrole nitrogens is 1. The maximum Gasteiger partial charge on any atom is 0.161 e. The lowest BCUT2D eigenvalue weighted by molar-refractivity contribution is -0.00875. The Morgan fingerprint density at radius 1 is 0.902 bits per heavy atom. The summed E-state index contributed by atoms with van der Waals surface area (Å²) in [4.78, 5) is 23.7. The molecule has 3 aliphatic rings. The van der Waals surface area contributed by atoms with Gasteiger partial charge >= 0.3 is 0 Å². The Morgan fingerprint density at radius 3 is 2.41 bits per heavy atom. The van der Waals surface area contributed by atoms with Gasteiger partial charge in [0.15, 0.2) is 11.6 Å². The number of anilines is 1. The van der Waals surface area contributed by atoms with Crippen molar-refractivity contribution in [3.05, 3.63) is 95.1 Å². The molecule has 3 saturated heterocycles. The molecule has 11 heteroatoms. The molecule has 8 rings (SSSR count). The van der Waals surface area contributed by atoms with E-state index < -0.39 is 6.67 Å². The zero-order valence-electron chi connectivity index (χ0n) is 23.1. The van der Waals surface area contributed by atoms with Gasteiger partial charge in [0.05, 0.1) is 17.1 Å². The topological polar surface area (TPSA) is 105 Å². The number of nitrogens with one attached hydrogen (secondary N) is 1. The zero-order valence-corrected chi connectivity index (χ0v) is 23.1. The number of hydrogen-bond acceptors (Lipinski definition) is 8. The van der Waals surface area contributed by atoms with Crippen molar-refractivity contribution in [3.63, 3.8) is 0 Å². The molecular formula is C30H31FN10. The number of pyridine rings is 2. The van der Waals surface area contributed by atoms with E-state index in [1.54, 1.807) is 16.9 Å². The van der Waals surface area contributed by atoms with Gasteiger partial charge in [-0.1, -0.05) is 6.07 Å². The molecule has 3 fully saturated rings. The molecule has 8 heterocycles. The van der Waals surface area contributed by atoms with Crippen LogP contribution in [0.4, 0.5) is 10.2 Å². The first-order chi connectivity index (χ1) is 20.0. The molecule has 10 nitrogen and oxygen atoms in total. The Morgan fingerprint density at radius 2 is 1.73 bits per heavy atom. The Bertz CT molecular complexity index is 1650. The molecule has 0 spiro atoms. The number of piperidine rings is 1. The molecule has 2 unspecified atom stereocenters. The molecule has 3 aliphatic heterocycles. The lowest BCUT2D eigenvalue weighted by Gasteiger charge is -2.56. The second-order valence-corrected chi connectivity index (χ2v) is 11.0. The highest BCUT2D eigenvalue weighted by Crippen LogP contribution is 2.35. The molecule has 0 aliphatic carbocycles. The van der Waals surface area contributed by atoms with Crippen LogP contribution >= 0.6 is 0 Å². The molecule has 2 bridgehead atoms. The fraction of sp³-hybridized carbons (Fsp3) is 0.333. The molecule has 2 atom stereocenters. The number of aryl methyl sites for hydroxylation is 2. The Kier molecular flexibility index (Phi) is 6.50. The van der Waals surface area contributed by atoms with E-state index in [9.17, 15) is 4.39 Å². The van der Waals surface area contributed by atoms with Crippen LogP contribution in [-0.4, -0.2) is 70.0 Å². The van der Waals surface area contributed by atoms with E-state index in [1.807, 2.05) is 44.4 Å². The monoisotopic (exact) mass is 550 g/mol. The summed E-state index contributed by atoms with van der Waals surface area (Å²) in [6.07, 6.45) is 7.38. The van der Waals surface area contributed by atoms with Crippen molar-refractivity contribution in [2.75, 3.05) is 18.0 Å². The minimum atomic E-state index is -0.575. The first-order valence-corrected chi connectivity index (χ1v) is 13.9. The molecule has 5 aromatic rings. The average Bonchev–Trinajstić information content (AvgIpc) is 3.65. The second-order valence-electron chi connectivity index (χ2n) is 11.0. The van der Waals surface area contributed by atoms with Gasteiger partial charge in [-0.2, -0.15) is 10.2 Å². The molecule has 41 heavy (non-hydrogen) atoms. The van der Waals surface area contributed by atoms with Crippen LogP contribution in [0.25, 0.3) is 17.2 Å². The maximum absolute atomic E-state index is 12.8. The summed E-state index contributed by atoms with van der Waals surface area (Å²) in [5, 5.41) is 11.5. The lowest BCUT2D eigenvalue weighted by atomic mass is 9.87. The normalized spacial score (nSPS) is 18.5. The van der Waals surface area contributed by atoms with E-state index >= 15 is 0 Å². The summed E-state index contributed by atoms with van der Waals surface area (Å²) in [5.74, 6) is 2.37. The number of alkyl halides is 1. The fourth-order valence-electron chi connectivity index (χ4n) is 5.86. The molecule has 5 aromatic heterocycles. The standard InChI is InChI=1S/C30H31FN10/c1-19-9-24(11-25-10-20(2)36-37-25)35-30(34-19)22-4-6-28(33-15-22)39-17-26-12-27(18-39)40(26)16-21-3-5-29(32-14-21)41-8-7-23(13-31)38-41/h3-10,14-15,26-27H,11-13,16-18H2,1-2H3,(H,36,37). The third-order valence-electron chi connectivity index (χ3n) is 7.89. The van der Waals surface area contributed by atoms with E-state index in [0.717, 1.165) is 59.4 Å². The van der Waals surface area contributed by atoms with Gasteiger partial charge in [-0.25, -0.2) is 29.0 Å². The van der Waals surface area contributed by atoms with Gasteiger partial charge in [0.1, 0.15) is 12.5 Å². The van der Waals surface area contributed by atoms with Gasteiger partial charge < -0.3 is 4.90 Å². The third kappa shape index (κ3) is 5.20. The number of rotatable bonds is 8. The average molecular weight is 551 g/mol. The quantitative estimate of drug-likeness (QED) is 0.309. The first kappa shape index (κ1) is 25.5. The summed E-state index contributed by atoms with van der Waals surface area (Å²) in [7, 11) is 0. The molecule has 208 valence electrons. The van der Waals surface area contributed by atoms with E-state index in [-0.39, 0.29) is 0 Å². The van der Waals surface area contributed by atoms with Crippen molar-refractivity contribution in [3.8, 4) is 17.2 Å². The van der Waals surface area contributed by atoms with Crippen LogP contribution in [0.5, 0.6) is 0 Å². The third-order valence-corrected chi connectivity index (χ3v) is 7.89. The van der Waals surface area contributed by atoms with E-state index in [0.29, 0.717) is 35.8 Å². The summed E-state index contributed by atoms with van der Waals surface area (Å²) < 4.78 is 14.4. The van der Waals surface area contributed by atoms with Crippen LogP contribution in [0, 0.1) is 13.8 Å². The fourth-order valence-corrected chi connectivity index (χ4v) is 5.86. The Hall–Kier alpha value is -4.51. The van der Waals surface area contributed by atoms with Crippen molar-refractivity contribution in [1.29, 1.82) is 0 Å². The number of halogens is 1. The van der Waals surface area contributed by atoms with Gasteiger partial charge in [0.2, 0.25) is 0 Å². The van der Waals surface area contributed by atoms with Crippen molar-refractivity contribution in [2.45, 2.75) is 52.0 Å². The van der Waals surface area contributed by atoms with Crippen LogP contribution in [-0.2, 0) is 19.6 Å². The summed E-state index contributed by atoms with van der Waals surface area (Å²) in [6.45, 7) is 6.17. The first-order valence-electron chi connectivity index (χ1n) is 13.9. The van der Waals surface area contributed by atoms with Gasteiger partial charge in [0.25, 0.3) is 0 Å². The van der Waals surface area contributed by atoms with Crippen LogP contribution in [0.3, 0.4) is 0 Å². The molecule has 1 N–H and O–H groups in total. The second kappa shape index (κ2) is 10.5. The highest BCUT2D eigenvalue weighted by molar-refractivity contribution is 5.57. The predicted octanol–water partition coefficient (Wildman–Crippen LogP) is 3.98. The highest BCUT2D eigenvalue weighted by Gasteiger charge is 2.44. The van der Waals surface area contributed by atoms with E-state index in [2.05, 4.69) is 53.3 Å². The minimum Gasteiger partial charge on any atom is -0.353 e. The van der Waals surface area contributed by atoms with Gasteiger partial charge in [-0.15, -0.1) is 0 Å². The Labute approximate surface area is 237 Å². The largest absolute Gasteiger partial charge is 0.353 e. The lowest BCUT2D eigenvalue weighted by Crippen LogP contribution is -2.68. The van der Waals surface area contributed by atoms with Gasteiger partial charge in [-0.3, -0.25) is 10.00 Å². The van der Waals surface area contributed by atoms with Crippen LogP contribution in [0.2, 0.25) is 0 Å². The van der Waals surface area contributed by atoms with E-state index in [1.165, 1.54) is 6.42 Å². The highest BCUT2D eigenvalue weighted by atomic mass is 19.1. The van der Waals surface area contributed by atoms with Crippen molar-refractivity contribution >= 4 is 5.82 Å². The van der Waals surface area contributed by atoms with Crippen molar-refractivity contribution in [2.24, 2.45) is 0 Å². The SMILES string of the molecule is Cc1cc(Cc2cc(C)[nH]n2)nc(-c2ccc(N3CC4CC(C3)N4Cc3ccc(-n4ccc(CF)n4)nc3)nc2)n1. The van der Waals surface area contributed by atoms with E-state index in [4.69, 9.17) is 9.97 Å². The molecule has 0 radical (unpaired) electrons.